The van der Waals surface area contributed by atoms with Gasteiger partial charge in [0, 0.05) is 13.3 Å². The molecule has 1 atom stereocenters. The second kappa shape index (κ2) is 12.7. The van der Waals surface area contributed by atoms with Crippen LogP contribution in [0.25, 0.3) is 0 Å². The molecule has 188 valence electrons. The molecule has 0 saturated carbocycles. The molecule has 2 rings (SSSR count). The van der Waals surface area contributed by atoms with Crippen LogP contribution in [0.4, 0.5) is 0 Å². The van der Waals surface area contributed by atoms with Gasteiger partial charge in [0.05, 0.1) is 18.1 Å². The van der Waals surface area contributed by atoms with E-state index in [0.29, 0.717) is 12.2 Å². The largest absolute Gasteiger partial charge is 0.478 e. The maximum absolute atomic E-state index is 12.7. The van der Waals surface area contributed by atoms with E-state index in [4.69, 9.17) is 19.4 Å². The molecule has 0 saturated heterocycles. The molecule has 1 unspecified atom stereocenters. The van der Waals surface area contributed by atoms with E-state index in [2.05, 4.69) is 5.48 Å². The quantitative estimate of drug-likeness (QED) is 0.279. The van der Waals surface area contributed by atoms with Crippen LogP contribution in [0.1, 0.15) is 62.0 Å². The highest BCUT2D eigenvalue weighted by Gasteiger charge is 2.26. The molecule has 0 aliphatic rings. The van der Waals surface area contributed by atoms with Crippen molar-refractivity contribution >= 4 is 23.8 Å². The second-order valence-corrected chi connectivity index (χ2v) is 9.03. The third-order valence-electron chi connectivity index (χ3n) is 4.75. The summed E-state index contributed by atoms with van der Waals surface area (Å²) in [5.74, 6) is -2.45. The number of carbonyl (C=O) groups excluding carboxylic acids is 3. The number of benzene rings is 2. The number of aromatic carboxylic acids is 1. The standard InChI is InChI=1S/C26H31NO8/c1-17(28)34-22-12-7-19(8-13-22)16-33-27-23(29)14-11-21(25(32)35-26(2,3)4)15-18-5-9-20(10-6-18)24(30)31/h5-10,12-13,21H,11,14-16H2,1-4H3,(H,27,29)(H,30,31). The summed E-state index contributed by atoms with van der Waals surface area (Å²) < 4.78 is 10.5. The summed E-state index contributed by atoms with van der Waals surface area (Å²) in [6, 6.07) is 12.9. The van der Waals surface area contributed by atoms with Crippen molar-refractivity contribution in [2.24, 2.45) is 5.92 Å². The van der Waals surface area contributed by atoms with Crippen LogP contribution in [-0.4, -0.2) is 34.5 Å². The highest BCUT2D eigenvalue weighted by Crippen LogP contribution is 2.20. The number of nitrogens with one attached hydrogen (secondary N) is 1. The first kappa shape index (κ1) is 27.5. The fraction of sp³-hybridized carbons (Fsp3) is 0.385. The average Bonchev–Trinajstić information content (AvgIpc) is 2.76. The van der Waals surface area contributed by atoms with Gasteiger partial charge in [-0.05, 0) is 69.0 Å². The van der Waals surface area contributed by atoms with Crippen molar-refractivity contribution in [3.63, 3.8) is 0 Å². The first-order valence-corrected chi connectivity index (χ1v) is 11.2. The summed E-state index contributed by atoms with van der Waals surface area (Å²) in [7, 11) is 0. The first-order valence-electron chi connectivity index (χ1n) is 11.2. The number of ether oxygens (including phenoxy) is 2. The molecule has 2 aromatic carbocycles. The van der Waals surface area contributed by atoms with Gasteiger partial charge in [-0.2, -0.15) is 0 Å². The minimum Gasteiger partial charge on any atom is -0.478 e. The fourth-order valence-electron chi connectivity index (χ4n) is 3.13. The van der Waals surface area contributed by atoms with E-state index in [-0.39, 0.29) is 25.0 Å². The Morgan fingerprint density at radius 2 is 1.54 bits per heavy atom. The topological polar surface area (TPSA) is 128 Å². The predicted octanol–water partition coefficient (Wildman–Crippen LogP) is 3.84. The summed E-state index contributed by atoms with van der Waals surface area (Å²) in [6.45, 7) is 6.72. The van der Waals surface area contributed by atoms with Gasteiger partial charge in [-0.25, -0.2) is 10.3 Å². The smallest absolute Gasteiger partial charge is 0.335 e. The van der Waals surface area contributed by atoms with Gasteiger partial charge >= 0.3 is 17.9 Å². The van der Waals surface area contributed by atoms with Crippen molar-refractivity contribution in [1.29, 1.82) is 0 Å². The van der Waals surface area contributed by atoms with E-state index in [9.17, 15) is 19.2 Å². The number of amides is 1. The molecule has 1 amide bonds. The Morgan fingerprint density at radius 3 is 2.09 bits per heavy atom. The van der Waals surface area contributed by atoms with E-state index in [1.54, 1.807) is 57.2 Å². The highest BCUT2D eigenvalue weighted by atomic mass is 16.6. The predicted molar refractivity (Wildman–Crippen MR) is 126 cm³/mol. The van der Waals surface area contributed by atoms with E-state index < -0.39 is 35.3 Å². The van der Waals surface area contributed by atoms with E-state index in [0.717, 1.165) is 11.1 Å². The van der Waals surface area contributed by atoms with Gasteiger partial charge in [0.25, 0.3) is 0 Å². The zero-order valence-electron chi connectivity index (χ0n) is 20.3. The molecule has 0 heterocycles. The third-order valence-corrected chi connectivity index (χ3v) is 4.75. The van der Waals surface area contributed by atoms with Gasteiger partial charge in [-0.1, -0.05) is 24.3 Å². The Kier molecular flexibility index (Phi) is 9.96. The van der Waals surface area contributed by atoms with E-state index in [1.165, 1.54) is 19.1 Å². The van der Waals surface area contributed by atoms with Gasteiger partial charge in [0.2, 0.25) is 5.91 Å². The van der Waals surface area contributed by atoms with Crippen molar-refractivity contribution < 1.29 is 38.6 Å². The number of carboxylic acid groups (broad SMARTS) is 1. The summed E-state index contributed by atoms with van der Waals surface area (Å²) >= 11 is 0. The molecule has 0 fully saturated rings. The Hall–Kier alpha value is -3.72. The van der Waals surface area contributed by atoms with E-state index in [1.807, 2.05) is 0 Å². The van der Waals surface area contributed by atoms with Gasteiger partial charge in [-0.3, -0.25) is 19.2 Å². The van der Waals surface area contributed by atoms with Crippen molar-refractivity contribution in [1.82, 2.24) is 5.48 Å². The SMILES string of the molecule is CC(=O)Oc1ccc(CONC(=O)CCC(Cc2ccc(C(=O)O)cc2)C(=O)OC(C)(C)C)cc1. The van der Waals surface area contributed by atoms with Crippen LogP contribution < -0.4 is 10.2 Å². The summed E-state index contributed by atoms with van der Waals surface area (Å²) in [5, 5.41) is 9.06. The molecule has 35 heavy (non-hydrogen) atoms. The number of hydroxylamine groups is 1. The second-order valence-electron chi connectivity index (χ2n) is 9.03. The molecular weight excluding hydrogens is 454 g/mol. The molecule has 0 spiro atoms. The van der Waals surface area contributed by atoms with Crippen LogP contribution in [0, 0.1) is 5.92 Å². The van der Waals surface area contributed by atoms with Crippen molar-refractivity contribution in [3.05, 3.63) is 65.2 Å². The normalized spacial score (nSPS) is 11.9. The summed E-state index contributed by atoms with van der Waals surface area (Å²) in [6.07, 6.45) is 0.558. The maximum atomic E-state index is 12.7. The van der Waals surface area contributed by atoms with Crippen molar-refractivity contribution in [2.75, 3.05) is 0 Å². The lowest BCUT2D eigenvalue weighted by molar-refractivity contribution is -0.160. The molecule has 0 aliphatic carbocycles. The molecular formula is C26H31NO8. The van der Waals surface area contributed by atoms with Crippen LogP contribution in [0.15, 0.2) is 48.5 Å². The number of hydrogen-bond acceptors (Lipinski definition) is 7. The first-order chi connectivity index (χ1) is 16.4. The lowest BCUT2D eigenvalue weighted by Gasteiger charge is -2.24. The third kappa shape index (κ3) is 10.4. The number of rotatable bonds is 11. The Balaban J connectivity index is 1.90. The van der Waals surface area contributed by atoms with Crippen LogP contribution in [0.2, 0.25) is 0 Å². The van der Waals surface area contributed by atoms with Crippen molar-refractivity contribution in [2.45, 2.75) is 59.2 Å². The lowest BCUT2D eigenvalue weighted by Crippen LogP contribution is -2.31. The fourth-order valence-corrected chi connectivity index (χ4v) is 3.13. The van der Waals surface area contributed by atoms with Crippen LogP contribution in [0.5, 0.6) is 5.75 Å². The Bertz CT molecular complexity index is 1020. The molecule has 9 heteroatoms. The molecule has 9 nitrogen and oxygen atoms in total. The van der Waals surface area contributed by atoms with Crippen LogP contribution in [0.3, 0.4) is 0 Å². The minimum absolute atomic E-state index is 0.0303. The van der Waals surface area contributed by atoms with Crippen LogP contribution >= 0.6 is 0 Å². The lowest BCUT2D eigenvalue weighted by atomic mass is 9.94. The number of esters is 2. The summed E-state index contributed by atoms with van der Waals surface area (Å²) in [5.41, 5.74) is 3.36. The van der Waals surface area contributed by atoms with Gasteiger partial charge in [0.15, 0.2) is 0 Å². The summed E-state index contributed by atoms with van der Waals surface area (Å²) in [4.78, 5) is 52.3. The number of hydrogen-bond donors (Lipinski definition) is 2. The number of carboxylic acids is 1. The monoisotopic (exact) mass is 485 g/mol. The average molecular weight is 486 g/mol. The van der Waals surface area contributed by atoms with E-state index >= 15 is 0 Å². The number of carbonyl (C=O) groups is 4. The maximum Gasteiger partial charge on any atom is 0.335 e. The minimum atomic E-state index is -1.03. The van der Waals surface area contributed by atoms with Crippen LogP contribution in [-0.2, 0) is 37.0 Å². The molecule has 0 radical (unpaired) electrons. The molecule has 0 aliphatic heterocycles. The van der Waals surface area contributed by atoms with Gasteiger partial charge in [0.1, 0.15) is 11.4 Å². The molecule has 2 N–H and O–H groups in total. The van der Waals surface area contributed by atoms with Gasteiger partial charge < -0.3 is 14.6 Å². The Labute approximate surface area is 204 Å². The highest BCUT2D eigenvalue weighted by molar-refractivity contribution is 5.87. The molecule has 0 bridgehead atoms. The molecule has 2 aromatic rings. The zero-order chi connectivity index (χ0) is 26.0. The Morgan fingerprint density at radius 1 is 0.943 bits per heavy atom. The van der Waals surface area contributed by atoms with Gasteiger partial charge in [-0.15, -0.1) is 0 Å². The van der Waals surface area contributed by atoms with Crippen molar-refractivity contribution in [3.8, 4) is 5.75 Å². The zero-order valence-corrected chi connectivity index (χ0v) is 20.3. The molecule has 0 aromatic heterocycles.